The minimum Gasteiger partial charge on any atom is -0.324 e. The molecule has 4 heteroatoms. The molecule has 0 aliphatic carbocycles. The van der Waals surface area contributed by atoms with Crippen LogP contribution in [-0.4, -0.2) is 24.5 Å². The first-order valence-corrected chi connectivity index (χ1v) is 8.18. The lowest BCUT2D eigenvalue weighted by Crippen LogP contribution is -2.28. The number of nitrogens with two attached hydrogens (primary N) is 1. The number of halogens is 2. The van der Waals surface area contributed by atoms with Gasteiger partial charge in [-0.3, -0.25) is 0 Å². The van der Waals surface area contributed by atoms with Crippen LogP contribution >= 0.6 is 27.5 Å². The SMILES string of the molecule is CCCCN(CC)CCC(N)c1ccc(Br)cc1Cl. The topological polar surface area (TPSA) is 29.3 Å². The van der Waals surface area contributed by atoms with Crippen LogP contribution in [0.4, 0.5) is 0 Å². The summed E-state index contributed by atoms with van der Waals surface area (Å²) in [5.74, 6) is 0. The lowest BCUT2D eigenvalue weighted by Gasteiger charge is -2.22. The maximum absolute atomic E-state index is 6.25. The quantitative estimate of drug-likeness (QED) is 0.744. The average molecular weight is 348 g/mol. The van der Waals surface area contributed by atoms with E-state index in [2.05, 4.69) is 34.7 Å². The van der Waals surface area contributed by atoms with E-state index in [1.165, 1.54) is 12.8 Å². The third-order valence-electron chi connectivity index (χ3n) is 3.39. The lowest BCUT2D eigenvalue weighted by molar-refractivity contribution is 0.272. The van der Waals surface area contributed by atoms with Crippen molar-refractivity contribution >= 4 is 27.5 Å². The van der Waals surface area contributed by atoms with E-state index >= 15 is 0 Å². The molecule has 0 saturated heterocycles. The number of rotatable bonds is 8. The molecule has 2 N–H and O–H groups in total. The molecule has 2 nitrogen and oxygen atoms in total. The van der Waals surface area contributed by atoms with Crippen LogP contribution in [0.5, 0.6) is 0 Å². The maximum atomic E-state index is 6.25. The average Bonchev–Trinajstić information content (AvgIpc) is 2.38. The van der Waals surface area contributed by atoms with Crippen molar-refractivity contribution in [2.24, 2.45) is 5.73 Å². The monoisotopic (exact) mass is 346 g/mol. The minimum atomic E-state index is 0.0104. The fourth-order valence-corrected chi connectivity index (χ4v) is 2.90. The van der Waals surface area contributed by atoms with Crippen molar-refractivity contribution in [2.45, 2.75) is 39.2 Å². The van der Waals surface area contributed by atoms with Gasteiger partial charge in [0.25, 0.3) is 0 Å². The Morgan fingerprint density at radius 3 is 2.63 bits per heavy atom. The standard InChI is InChI=1S/C15H24BrClN2/c1-3-5-9-19(4-2)10-8-15(18)13-7-6-12(16)11-14(13)17/h6-7,11,15H,3-5,8-10,18H2,1-2H3. The molecular formula is C15H24BrClN2. The van der Waals surface area contributed by atoms with Gasteiger partial charge in [0.15, 0.2) is 0 Å². The van der Waals surface area contributed by atoms with Crippen LogP contribution in [0.2, 0.25) is 5.02 Å². The molecule has 19 heavy (non-hydrogen) atoms. The summed E-state index contributed by atoms with van der Waals surface area (Å²) in [6.07, 6.45) is 3.43. The zero-order chi connectivity index (χ0) is 14.3. The summed E-state index contributed by atoms with van der Waals surface area (Å²) in [4.78, 5) is 2.45. The Morgan fingerprint density at radius 1 is 1.32 bits per heavy atom. The van der Waals surface area contributed by atoms with Crippen LogP contribution in [0.25, 0.3) is 0 Å². The number of hydrogen-bond acceptors (Lipinski definition) is 2. The second-order valence-corrected chi connectivity index (χ2v) is 6.17. The molecule has 0 spiro atoms. The molecular weight excluding hydrogens is 324 g/mol. The molecule has 1 unspecified atom stereocenters. The third-order valence-corrected chi connectivity index (χ3v) is 4.21. The van der Waals surface area contributed by atoms with Crippen LogP contribution in [0.3, 0.4) is 0 Å². The van der Waals surface area contributed by atoms with Crippen molar-refractivity contribution in [3.63, 3.8) is 0 Å². The molecule has 1 atom stereocenters. The van der Waals surface area contributed by atoms with E-state index in [1.807, 2.05) is 18.2 Å². The second kappa shape index (κ2) is 8.96. The first-order valence-electron chi connectivity index (χ1n) is 7.01. The van der Waals surface area contributed by atoms with Gasteiger partial charge in [0.2, 0.25) is 0 Å². The van der Waals surface area contributed by atoms with Crippen molar-refractivity contribution in [1.82, 2.24) is 4.90 Å². The Balaban J connectivity index is 2.51. The highest BCUT2D eigenvalue weighted by molar-refractivity contribution is 9.10. The van der Waals surface area contributed by atoms with Gasteiger partial charge in [0.05, 0.1) is 0 Å². The molecule has 0 aromatic heterocycles. The van der Waals surface area contributed by atoms with Crippen molar-refractivity contribution in [3.05, 3.63) is 33.3 Å². The van der Waals surface area contributed by atoms with Gasteiger partial charge in [-0.1, -0.05) is 53.9 Å². The third kappa shape index (κ3) is 5.82. The summed E-state index contributed by atoms with van der Waals surface area (Å²) < 4.78 is 0.992. The Hall–Kier alpha value is -0.0900. The predicted octanol–water partition coefficient (Wildman–Crippen LogP) is 4.61. The number of benzene rings is 1. The fourth-order valence-electron chi connectivity index (χ4n) is 2.09. The highest BCUT2D eigenvalue weighted by Crippen LogP contribution is 2.27. The van der Waals surface area contributed by atoms with Gasteiger partial charge in [0, 0.05) is 15.5 Å². The van der Waals surface area contributed by atoms with E-state index in [4.69, 9.17) is 17.3 Å². The molecule has 108 valence electrons. The van der Waals surface area contributed by atoms with Crippen LogP contribution in [0.1, 0.15) is 44.7 Å². The predicted molar refractivity (Wildman–Crippen MR) is 87.7 cm³/mol. The summed E-state index contributed by atoms with van der Waals surface area (Å²) in [6, 6.07) is 5.93. The number of unbranched alkanes of at least 4 members (excludes halogenated alkanes) is 1. The van der Waals surface area contributed by atoms with E-state index < -0.39 is 0 Å². The van der Waals surface area contributed by atoms with Crippen LogP contribution < -0.4 is 5.73 Å². The van der Waals surface area contributed by atoms with Crippen LogP contribution in [-0.2, 0) is 0 Å². The Kier molecular flexibility index (Phi) is 8.00. The van der Waals surface area contributed by atoms with Gasteiger partial charge in [-0.05, 0) is 50.2 Å². The maximum Gasteiger partial charge on any atom is 0.0464 e. The van der Waals surface area contributed by atoms with E-state index in [9.17, 15) is 0 Å². The second-order valence-electron chi connectivity index (χ2n) is 4.85. The lowest BCUT2D eigenvalue weighted by atomic mass is 10.0. The van der Waals surface area contributed by atoms with E-state index in [0.29, 0.717) is 0 Å². The normalized spacial score (nSPS) is 12.9. The van der Waals surface area contributed by atoms with Gasteiger partial charge in [-0.2, -0.15) is 0 Å². The van der Waals surface area contributed by atoms with E-state index in [-0.39, 0.29) is 6.04 Å². The molecule has 1 rings (SSSR count). The van der Waals surface area contributed by atoms with Crippen molar-refractivity contribution in [2.75, 3.05) is 19.6 Å². The zero-order valence-corrected chi connectivity index (χ0v) is 14.2. The number of hydrogen-bond donors (Lipinski definition) is 1. The molecule has 1 aromatic carbocycles. The Bertz CT molecular complexity index is 384. The van der Waals surface area contributed by atoms with Crippen molar-refractivity contribution in [3.8, 4) is 0 Å². The van der Waals surface area contributed by atoms with Gasteiger partial charge in [0.1, 0.15) is 0 Å². The van der Waals surface area contributed by atoms with Gasteiger partial charge in [-0.15, -0.1) is 0 Å². The first-order chi connectivity index (χ1) is 9.08. The van der Waals surface area contributed by atoms with Crippen molar-refractivity contribution < 1.29 is 0 Å². The van der Waals surface area contributed by atoms with Gasteiger partial charge < -0.3 is 10.6 Å². The molecule has 0 aliphatic heterocycles. The van der Waals surface area contributed by atoms with Crippen molar-refractivity contribution in [1.29, 1.82) is 0 Å². The summed E-state index contributed by atoms with van der Waals surface area (Å²) in [5, 5.41) is 0.749. The Labute approximate surface area is 130 Å². The smallest absolute Gasteiger partial charge is 0.0464 e. The largest absolute Gasteiger partial charge is 0.324 e. The number of nitrogens with zero attached hydrogens (tertiary/aromatic N) is 1. The highest BCUT2D eigenvalue weighted by atomic mass is 79.9. The molecule has 1 aromatic rings. The van der Waals surface area contributed by atoms with Crippen LogP contribution in [0.15, 0.2) is 22.7 Å². The van der Waals surface area contributed by atoms with E-state index in [1.54, 1.807) is 0 Å². The molecule has 0 amide bonds. The Morgan fingerprint density at radius 2 is 2.05 bits per heavy atom. The minimum absolute atomic E-state index is 0.0104. The highest BCUT2D eigenvalue weighted by Gasteiger charge is 2.12. The van der Waals surface area contributed by atoms with Gasteiger partial charge >= 0.3 is 0 Å². The molecule has 0 bridgehead atoms. The summed E-state index contributed by atoms with van der Waals surface area (Å²) >= 11 is 9.65. The zero-order valence-electron chi connectivity index (χ0n) is 11.8. The fraction of sp³-hybridized carbons (Fsp3) is 0.600. The summed E-state index contributed by atoms with van der Waals surface area (Å²) in [5.41, 5.74) is 7.29. The summed E-state index contributed by atoms with van der Waals surface area (Å²) in [7, 11) is 0. The summed E-state index contributed by atoms with van der Waals surface area (Å²) in [6.45, 7) is 7.70. The first kappa shape index (κ1) is 17.0. The molecule has 0 heterocycles. The molecule has 0 fully saturated rings. The van der Waals surface area contributed by atoms with Crippen LogP contribution in [0, 0.1) is 0 Å². The van der Waals surface area contributed by atoms with Gasteiger partial charge in [-0.25, -0.2) is 0 Å². The van der Waals surface area contributed by atoms with E-state index in [0.717, 1.165) is 41.1 Å². The molecule has 0 aliphatic rings. The molecule has 0 saturated carbocycles. The molecule has 0 radical (unpaired) electrons.